The molecule has 1 amide bonds. The molecule has 1 aromatic heterocycles. The molecule has 0 N–H and O–H groups in total. The Bertz CT molecular complexity index is 1370. The Kier molecular flexibility index (Phi) is 3.85. The molecule has 0 fully saturated rings. The quantitative estimate of drug-likeness (QED) is 0.647. The molecule has 2 aromatic rings. The van der Waals surface area contributed by atoms with Crippen molar-refractivity contribution in [1.29, 1.82) is 5.26 Å². The second-order valence-electron chi connectivity index (χ2n) is 7.27. The summed E-state index contributed by atoms with van der Waals surface area (Å²) in [4.78, 5) is 21.4. The fourth-order valence-electron chi connectivity index (χ4n) is 3.94. The van der Waals surface area contributed by atoms with Gasteiger partial charge in [-0.05, 0) is 24.6 Å². The van der Waals surface area contributed by atoms with Crippen LogP contribution in [0.1, 0.15) is 36.1 Å². The molecule has 2 aliphatic heterocycles. The van der Waals surface area contributed by atoms with Gasteiger partial charge in [-0.1, -0.05) is 43.4 Å². The molecule has 1 aliphatic carbocycles. The molecule has 0 radical (unpaired) electrons. The topological polar surface area (TPSA) is 79.7 Å². The lowest BCUT2D eigenvalue weighted by Gasteiger charge is -2.21. The Labute approximate surface area is 167 Å². The van der Waals surface area contributed by atoms with Crippen molar-refractivity contribution in [3.63, 3.8) is 0 Å². The van der Waals surface area contributed by atoms with E-state index < -0.39 is 0 Å². The number of allylic oxidation sites excluding steroid dienone is 2. The molecule has 0 bridgehead atoms. The number of carbonyl (C=O) groups is 1. The summed E-state index contributed by atoms with van der Waals surface area (Å²) in [7, 11) is 0. The Hall–Kier alpha value is -3.72. The van der Waals surface area contributed by atoms with E-state index in [4.69, 9.17) is 9.73 Å². The van der Waals surface area contributed by atoms with Crippen molar-refractivity contribution in [3.8, 4) is 17.6 Å². The van der Waals surface area contributed by atoms with E-state index in [-0.39, 0.29) is 30.0 Å². The predicted molar refractivity (Wildman–Crippen MR) is 107 cm³/mol. The van der Waals surface area contributed by atoms with Gasteiger partial charge < -0.3 is 4.74 Å². The fourth-order valence-corrected chi connectivity index (χ4v) is 3.94. The number of aromatic nitrogens is 1. The molecule has 29 heavy (non-hydrogen) atoms. The first-order valence-electron chi connectivity index (χ1n) is 9.60. The third-order valence-electron chi connectivity index (χ3n) is 5.37. The van der Waals surface area contributed by atoms with E-state index in [0.717, 1.165) is 16.3 Å². The largest absolute Gasteiger partial charge is 0.454 e. The van der Waals surface area contributed by atoms with Crippen molar-refractivity contribution >= 4 is 12.0 Å². The second-order valence-corrected chi connectivity index (χ2v) is 7.27. The van der Waals surface area contributed by atoms with E-state index in [9.17, 15) is 10.1 Å². The zero-order valence-corrected chi connectivity index (χ0v) is 16.1. The SMILES string of the molecule is CCC(=O)/N=c1/c(C#N)c2c(c3n1C1C=CC=CC1N=3)=Cc1ccc(C)cc1O2. The lowest BCUT2D eigenvalue weighted by Crippen LogP contribution is -2.46. The maximum atomic E-state index is 12.2. The van der Waals surface area contributed by atoms with Gasteiger partial charge >= 0.3 is 0 Å². The standard InChI is InChI=1S/C23H18N4O2/c1-3-20(28)26-23-16(12-24)21-15(11-14-9-8-13(2)10-19(14)29-21)22-25-17-6-4-5-7-18(17)27(22)23/h4-11,17-18H,3H2,1-2H3/b26-23-. The van der Waals surface area contributed by atoms with Crippen LogP contribution < -0.4 is 20.9 Å². The highest BCUT2D eigenvalue weighted by Crippen LogP contribution is 2.30. The van der Waals surface area contributed by atoms with Crippen LogP contribution in [0.2, 0.25) is 0 Å². The van der Waals surface area contributed by atoms with Crippen LogP contribution >= 0.6 is 0 Å². The molecule has 0 saturated heterocycles. The first kappa shape index (κ1) is 17.4. The number of aryl methyl sites for hydroxylation is 1. The van der Waals surface area contributed by atoms with Gasteiger partial charge in [0.05, 0.1) is 17.3 Å². The number of rotatable bonds is 1. The summed E-state index contributed by atoms with van der Waals surface area (Å²) in [5.74, 6) is 0.808. The number of amides is 1. The number of pyridine rings is 1. The van der Waals surface area contributed by atoms with Gasteiger partial charge in [-0.3, -0.25) is 14.4 Å². The molecule has 0 spiro atoms. The summed E-state index contributed by atoms with van der Waals surface area (Å²) >= 11 is 0. The summed E-state index contributed by atoms with van der Waals surface area (Å²) in [6, 6.07) is 7.96. The van der Waals surface area contributed by atoms with Crippen molar-refractivity contribution in [3.05, 3.63) is 75.4 Å². The molecule has 142 valence electrons. The van der Waals surface area contributed by atoms with E-state index in [2.05, 4.69) is 11.1 Å². The van der Waals surface area contributed by atoms with Crippen LogP contribution in [-0.4, -0.2) is 16.5 Å². The highest BCUT2D eigenvalue weighted by molar-refractivity contribution is 5.76. The molecule has 2 atom stereocenters. The van der Waals surface area contributed by atoms with E-state index in [1.54, 1.807) is 6.92 Å². The number of nitriles is 1. The minimum atomic E-state index is -0.286. The highest BCUT2D eigenvalue weighted by Gasteiger charge is 2.31. The summed E-state index contributed by atoms with van der Waals surface area (Å²) < 4.78 is 8.08. The van der Waals surface area contributed by atoms with Gasteiger partial charge in [-0.25, -0.2) is 0 Å². The molecule has 3 aliphatic rings. The van der Waals surface area contributed by atoms with Gasteiger partial charge in [-0.15, -0.1) is 0 Å². The minimum Gasteiger partial charge on any atom is -0.454 e. The van der Waals surface area contributed by atoms with Crippen LogP contribution in [0.5, 0.6) is 11.5 Å². The number of nitrogens with zero attached hydrogens (tertiary/aromatic N) is 4. The van der Waals surface area contributed by atoms with Crippen LogP contribution in [0.4, 0.5) is 0 Å². The average Bonchev–Trinajstić information content (AvgIpc) is 3.12. The van der Waals surface area contributed by atoms with Crippen molar-refractivity contribution in [2.45, 2.75) is 32.4 Å². The molecule has 0 saturated carbocycles. The molecule has 6 nitrogen and oxygen atoms in total. The van der Waals surface area contributed by atoms with Crippen molar-refractivity contribution in [1.82, 2.24) is 4.57 Å². The van der Waals surface area contributed by atoms with E-state index in [0.29, 0.717) is 22.5 Å². The highest BCUT2D eigenvalue weighted by atomic mass is 16.5. The lowest BCUT2D eigenvalue weighted by molar-refractivity contribution is -0.117. The maximum Gasteiger partial charge on any atom is 0.247 e. The molecule has 3 heterocycles. The van der Waals surface area contributed by atoms with Gasteiger partial charge in [-0.2, -0.15) is 10.3 Å². The molecule has 6 heteroatoms. The fraction of sp³-hybridized carbons (Fsp3) is 0.217. The Morgan fingerprint density at radius 2 is 2.17 bits per heavy atom. The van der Waals surface area contributed by atoms with Gasteiger partial charge in [0.15, 0.2) is 11.2 Å². The van der Waals surface area contributed by atoms with Gasteiger partial charge in [0.2, 0.25) is 5.91 Å². The lowest BCUT2D eigenvalue weighted by atomic mass is 10.0. The first-order valence-corrected chi connectivity index (χ1v) is 9.60. The number of fused-ring (bicyclic) bond motifs is 6. The third kappa shape index (κ3) is 2.59. The summed E-state index contributed by atoms with van der Waals surface area (Å²) in [6.45, 7) is 3.74. The third-order valence-corrected chi connectivity index (χ3v) is 5.37. The van der Waals surface area contributed by atoms with Gasteiger partial charge in [0, 0.05) is 12.0 Å². The maximum absolute atomic E-state index is 12.2. The number of carbonyl (C=O) groups excluding carboxylic acids is 1. The Morgan fingerprint density at radius 3 is 2.97 bits per heavy atom. The van der Waals surface area contributed by atoms with Crippen LogP contribution in [0, 0.1) is 18.3 Å². The van der Waals surface area contributed by atoms with Gasteiger partial charge in [0.1, 0.15) is 22.9 Å². The van der Waals surface area contributed by atoms with Crippen molar-refractivity contribution < 1.29 is 9.53 Å². The number of benzene rings is 1. The van der Waals surface area contributed by atoms with E-state index in [1.807, 2.05) is 60.1 Å². The van der Waals surface area contributed by atoms with Crippen LogP contribution in [-0.2, 0) is 4.79 Å². The predicted octanol–water partition coefficient (Wildman–Crippen LogP) is 2.11. The normalized spacial score (nSPS) is 20.4. The molecule has 5 rings (SSSR count). The number of hydrogen-bond donors (Lipinski definition) is 0. The second kappa shape index (κ2) is 6.42. The van der Waals surface area contributed by atoms with Crippen LogP contribution in [0.3, 0.4) is 0 Å². The summed E-state index contributed by atoms with van der Waals surface area (Å²) in [5, 5.41) is 10.7. The Balaban J connectivity index is 1.94. The van der Waals surface area contributed by atoms with Crippen LogP contribution in [0.15, 0.2) is 52.5 Å². The van der Waals surface area contributed by atoms with Crippen molar-refractivity contribution in [2.75, 3.05) is 0 Å². The molecule has 1 aromatic carbocycles. The molecule has 2 unspecified atom stereocenters. The summed E-state index contributed by atoms with van der Waals surface area (Å²) in [6.07, 6.45) is 10.2. The van der Waals surface area contributed by atoms with Crippen LogP contribution in [0.25, 0.3) is 6.08 Å². The van der Waals surface area contributed by atoms with E-state index in [1.165, 1.54) is 0 Å². The first-order chi connectivity index (χ1) is 14.1. The summed E-state index contributed by atoms with van der Waals surface area (Å²) in [5.41, 5.74) is 3.24. The average molecular weight is 382 g/mol. The molecular weight excluding hydrogens is 364 g/mol. The zero-order chi connectivity index (χ0) is 20.1. The number of ether oxygens (including phenoxy) is 1. The monoisotopic (exact) mass is 382 g/mol. The number of hydrogen-bond acceptors (Lipinski definition) is 4. The van der Waals surface area contributed by atoms with Crippen molar-refractivity contribution in [2.24, 2.45) is 9.98 Å². The smallest absolute Gasteiger partial charge is 0.247 e. The van der Waals surface area contributed by atoms with Gasteiger partial charge in [0.25, 0.3) is 0 Å². The minimum absolute atomic E-state index is 0.100. The zero-order valence-electron chi connectivity index (χ0n) is 16.1. The molecular formula is C23H18N4O2. The Morgan fingerprint density at radius 1 is 1.34 bits per heavy atom. The van der Waals surface area contributed by atoms with E-state index >= 15 is 0 Å².